The van der Waals surface area contributed by atoms with E-state index in [4.69, 9.17) is 0 Å². The lowest BCUT2D eigenvalue weighted by Crippen LogP contribution is -2.11. The van der Waals surface area contributed by atoms with Gasteiger partial charge in [0.25, 0.3) is 0 Å². The highest BCUT2D eigenvalue weighted by Gasteiger charge is 2.11. The molecule has 0 amide bonds. The van der Waals surface area contributed by atoms with E-state index in [0.29, 0.717) is 12.3 Å². The smallest absolute Gasteiger partial charge is 0.138 e. The van der Waals surface area contributed by atoms with Crippen LogP contribution in [0.1, 0.15) is 37.8 Å². The standard InChI is InChI=1S/C15H21N3O/c1-12(2)10-18-15(16-11-17-18)9-8-14(19)13-6-4-3-5-7-13/h3-7,11-12,14,19H,8-10H2,1-2H3. The van der Waals surface area contributed by atoms with Gasteiger partial charge in [0.1, 0.15) is 12.2 Å². The molecule has 0 bridgehead atoms. The highest BCUT2D eigenvalue weighted by atomic mass is 16.3. The molecule has 2 rings (SSSR count). The number of hydrogen-bond acceptors (Lipinski definition) is 3. The minimum Gasteiger partial charge on any atom is -0.388 e. The summed E-state index contributed by atoms with van der Waals surface area (Å²) in [6.07, 6.45) is 2.56. The lowest BCUT2D eigenvalue weighted by molar-refractivity contribution is 0.166. The van der Waals surface area contributed by atoms with E-state index in [1.807, 2.05) is 35.0 Å². The zero-order valence-corrected chi connectivity index (χ0v) is 11.5. The molecule has 1 aromatic heterocycles. The van der Waals surface area contributed by atoms with E-state index in [-0.39, 0.29) is 0 Å². The number of hydrogen-bond donors (Lipinski definition) is 1. The zero-order valence-electron chi connectivity index (χ0n) is 11.5. The Bertz CT molecular complexity index is 493. The molecule has 0 aliphatic carbocycles. The van der Waals surface area contributed by atoms with Crippen LogP contribution in [0.5, 0.6) is 0 Å². The third-order valence-corrected chi connectivity index (χ3v) is 3.06. The van der Waals surface area contributed by atoms with Crippen molar-refractivity contribution in [2.24, 2.45) is 5.92 Å². The molecule has 1 heterocycles. The number of benzene rings is 1. The number of aliphatic hydroxyl groups is 1. The molecular formula is C15H21N3O. The fraction of sp³-hybridized carbons (Fsp3) is 0.467. The van der Waals surface area contributed by atoms with Crippen LogP contribution in [0.15, 0.2) is 36.7 Å². The molecule has 1 atom stereocenters. The minimum absolute atomic E-state index is 0.439. The Labute approximate surface area is 114 Å². The second-order valence-electron chi connectivity index (χ2n) is 5.22. The minimum atomic E-state index is -0.439. The van der Waals surface area contributed by atoms with Crippen LogP contribution in [-0.2, 0) is 13.0 Å². The molecule has 4 nitrogen and oxygen atoms in total. The van der Waals surface area contributed by atoms with Crippen molar-refractivity contribution in [1.29, 1.82) is 0 Å². The first-order chi connectivity index (χ1) is 9.16. The van der Waals surface area contributed by atoms with Crippen molar-refractivity contribution >= 4 is 0 Å². The average molecular weight is 259 g/mol. The Morgan fingerprint density at radius 1 is 1.21 bits per heavy atom. The van der Waals surface area contributed by atoms with Crippen LogP contribution < -0.4 is 0 Å². The Morgan fingerprint density at radius 3 is 2.63 bits per heavy atom. The van der Waals surface area contributed by atoms with Crippen LogP contribution in [-0.4, -0.2) is 19.9 Å². The third kappa shape index (κ3) is 3.89. The summed E-state index contributed by atoms with van der Waals surface area (Å²) in [4.78, 5) is 4.28. The second kappa shape index (κ2) is 6.48. The predicted octanol–water partition coefficient (Wildman–Crippen LogP) is 2.60. The van der Waals surface area contributed by atoms with Gasteiger partial charge in [-0.3, -0.25) is 0 Å². The Balaban J connectivity index is 1.94. The molecule has 102 valence electrons. The summed E-state index contributed by atoms with van der Waals surface area (Å²) in [6, 6.07) is 9.74. The predicted molar refractivity (Wildman–Crippen MR) is 74.6 cm³/mol. The van der Waals surface area contributed by atoms with Crippen molar-refractivity contribution < 1.29 is 5.11 Å². The van der Waals surface area contributed by atoms with Gasteiger partial charge in [0.2, 0.25) is 0 Å². The molecule has 1 aromatic carbocycles. The number of aryl methyl sites for hydroxylation is 1. The summed E-state index contributed by atoms with van der Waals surface area (Å²) < 4.78 is 1.93. The van der Waals surface area contributed by atoms with Crippen LogP contribution in [0.25, 0.3) is 0 Å². The van der Waals surface area contributed by atoms with Gasteiger partial charge in [-0.05, 0) is 17.9 Å². The van der Waals surface area contributed by atoms with E-state index in [1.54, 1.807) is 6.33 Å². The van der Waals surface area contributed by atoms with E-state index >= 15 is 0 Å². The lowest BCUT2D eigenvalue weighted by Gasteiger charge is -2.12. The van der Waals surface area contributed by atoms with Crippen LogP contribution >= 0.6 is 0 Å². The molecule has 0 aliphatic heterocycles. The molecule has 1 unspecified atom stereocenters. The summed E-state index contributed by atoms with van der Waals surface area (Å²) in [5.74, 6) is 1.49. The van der Waals surface area contributed by atoms with Gasteiger partial charge in [-0.15, -0.1) is 0 Å². The van der Waals surface area contributed by atoms with E-state index in [9.17, 15) is 5.11 Å². The van der Waals surface area contributed by atoms with Crippen LogP contribution in [0, 0.1) is 5.92 Å². The summed E-state index contributed by atoms with van der Waals surface area (Å²) in [5, 5.41) is 14.4. The van der Waals surface area contributed by atoms with Gasteiger partial charge in [-0.2, -0.15) is 5.10 Å². The van der Waals surface area contributed by atoms with Gasteiger partial charge < -0.3 is 5.11 Å². The van der Waals surface area contributed by atoms with Crippen molar-refractivity contribution in [3.8, 4) is 0 Å². The summed E-state index contributed by atoms with van der Waals surface area (Å²) >= 11 is 0. The fourth-order valence-electron chi connectivity index (χ4n) is 2.09. The first-order valence-corrected chi connectivity index (χ1v) is 6.76. The maximum Gasteiger partial charge on any atom is 0.138 e. The monoisotopic (exact) mass is 259 g/mol. The fourth-order valence-corrected chi connectivity index (χ4v) is 2.09. The zero-order chi connectivity index (χ0) is 13.7. The first kappa shape index (κ1) is 13.7. The highest BCUT2D eigenvalue weighted by molar-refractivity contribution is 5.17. The van der Waals surface area contributed by atoms with Crippen LogP contribution in [0.2, 0.25) is 0 Å². The van der Waals surface area contributed by atoms with E-state index in [2.05, 4.69) is 23.9 Å². The van der Waals surface area contributed by atoms with Gasteiger partial charge in [0.05, 0.1) is 6.10 Å². The summed E-state index contributed by atoms with van der Waals surface area (Å²) in [7, 11) is 0. The Kier molecular flexibility index (Phi) is 4.68. The topological polar surface area (TPSA) is 50.9 Å². The average Bonchev–Trinajstić information content (AvgIpc) is 2.83. The van der Waals surface area contributed by atoms with E-state index < -0.39 is 6.10 Å². The normalized spacial score (nSPS) is 12.8. The van der Waals surface area contributed by atoms with Crippen molar-refractivity contribution in [3.63, 3.8) is 0 Å². The molecule has 0 saturated heterocycles. The van der Waals surface area contributed by atoms with Gasteiger partial charge in [-0.25, -0.2) is 9.67 Å². The second-order valence-corrected chi connectivity index (χ2v) is 5.22. The van der Waals surface area contributed by atoms with Crippen molar-refractivity contribution in [2.45, 2.75) is 39.3 Å². The quantitative estimate of drug-likeness (QED) is 0.867. The van der Waals surface area contributed by atoms with Crippen LogP contribution in [0.4, 0.5) is 0 Å². The molecule has 0 fully saturated rings. The molecule has 1 N–H and O–H groups in total. The Hall–Kier alpha value is -1.68. The molecule has 2 aromatic rings. The van der Waals surface area contributed by atoms with Crippen molar-refractivity contribution in [1.82, 2.24) is 14.8 Å². The van der Waals surface area contributed by atoms with Crippen molar-refractivity contribution in [2.75, 3.05) is 0 Å². The molecule has 4 heteroatoms. The number of aliphatic hydroxyl groups excluding tert-OH is 1. The summed E-state index contributed by atoms with van der Waals surface area (Å²) in [6.45, 7) is 5.19. The molecule has 0 aliphatic rings. The molecular weight excluding hydrogens is 238 g/mol. The molecule has 19 heavy (non-hydrogen) atoms. The first-order valence-electron chi connectivity index (χ1n) is 6.76. The van der Waals surface area contributed by atoms with Gasteiger partial charge in [0, 0.05) is 13.0 Å². The van der Waals surface area contributed by atoms with Crippen molar-refractivity contribution in [3.05, 3.63) is 48.0 Å². The highest BCUT2D eigenvalue weighted by Crippen LogP contribution is 2.18. The maximum atomic E-state index is 10.1. The van der Waals surface area contributed by atoms with Crippen LogP contribution in [0.3, 0.4) is 0 Å². The van der Waals surface area contributed by atoms with Gasteiger partial charge in [0.15, 0.2) is 0 Å². The number of rotatable bonds is 6. The number of aromatic nitrogens is 3. The van der Waals surface area contributed by atoms with Gasteiger partial charge >= 0.3 is 0 Å². The maximum absolute atomic E-state index is 10.1. The van der Waals surface area contributed by atoms with E-state index in [0.717, 1.165) is 24.4 Å². The number of nitrogens with zero attached hydrogens (tertiary/aromatic N) is 3. The largest absolute Gasteiger partial charge is 0.388 e. The molecule has 0 saturated carbocycles. The Morgan fingerprint density at radius 2 is 1.95 bits per heavy atom. The SMILES string of the molecule is CC(C)Cn1ncnc1CCC(O)c1ccccc1. The lowest BCUT2D eigenvalue weighted by atomic mass is 10.0. The summed E-state index contributed by atoms with van der Waals surface area (Å²) in [5.41, 5.74) is 0.956. The third-order valence-electron chi connectivity index (χ3n) is 3.06. The van der Waals surface area contributed by atoms with Gasteiger partial charge in [-0.1, -0.05) is 44.2 Å². The molecule has 0 spiro atoms. The molecule has 0 radical (unpaired) electrons. The van der Waals surface area contributed by atoms with E-state index in [1.165, 1.54) is 0 Å².